The minimum absolute atomic E-state index is 0.157. The number of aromatic nitrogens is 1. The van der Waals surface area contributed by atoms with Crippen LogP contribution in [-0.4, -0.2) is 58.6 Å². The van der Waals surface area contributed by atoms with E-state index in [2.05, 4.69) is 15.3 Å². The number of piperazine rings is 1. The predicted octanol–water partition coefficient (Wildman–Crippen LogP) is 0.345. The molecule has 0 spiro atoms. The Morgan fingerprint density at radius 3 is 2.62 bits per heavy atom. The minimum atomic E-state index is -0.743. The second-order valence-corrected chi connectivity index (χ2v) is 4.64. The molecule has 1 N–H and O–H groups in total. The molecule has 6 heteroatoms. The van der Waals surface area contributed by atoms with Crippen molar-refractivity contribution in [3.05, 3.63) is 16.6 Å². The van der Waals surface area contributed by atoms with Crippen molar-refractivity contribution in [1.29, 1.82) is 0 Å². The van der Waals surface area contributed by atoms with Crippen LogP contribution in [0.2, 0.25) is 0 Å². The highest BCUT2D eigenvalue weighted by atomic mass is 32.1. The Morgan fingerprint density at radius 2 is 2.06 bits per heavy atom. The van der Waals surface area contributed by atoms with Crippen LogP contribution in [0.5, 0.6) is 0 Å². The molecule has 0 unspecified atom stereocenters. The van der Waals surface area contributed by atoms with Gasteiger partial charge in [0.25, 0.3) is 0 Å². The third-order valence-corrected chi connectivity index (χ3v) is 3.33. The summed E-state index contributed by atoms with van der Waals surface area (Å²) in [4.78, 5) is 19.1. The van der Waals surface area contributed by atoms with Crippen LogP contribution in [0.25, 0.3) is 0 Å². The molecule has 0 aliphatic carbocycles. The van der Waals surface area contributed by atoms with Gasteiger partial charge in [-0.1, -0.05) is 0 Å². The summed E-state index contributed by atoms with van der Waals surface area (Å²) in [5.41, 5.74) is 2.95. The number of thiazole rings is 1. The van der Waals surface area contributed by atoms with E-state index in [0.29, 0.717) is 0 Å². The molecule has 1 fully saturated rings. The summed E-state index contributed by atoms with van der Waals surface area (Å²) in [6, 6.07) is 0. The number of aliphatic carboxylic acids is 1. The lowest BCUT2D eigenvalue weighted by atomic mass is 10.3. The number of nitrogens with zero attached hydrogens (tertiary/aromatic N) is 3. The molecule has 88 valence electrons. The van der Waals surface area contributed by atoms with Gasteiger partial charge in [-0.2, -0.15) is 0 Å². The van der Waals surface area contributed by atoms with Gasteiger partial charge < -0.3 is 5.11 Å². The van der Waals surface area contributed by atoms with Gasteiger partial charge in [-0.15, -0.1) is 11.3 Å². The number of carboxylic acids is 1. The summed E-state index contributed by atoms with van der Waals surface area (Å²) in [6.07, 6.45) is 0. The van der Waals surface area contributed by atoms with Gasteiger partial charge >= 0.3 is 5.97 Å². The molecule has 0 radical (unpaired) electrons. The highest BCUT2D eigenvalue weighted by molar-refractivity contribution is 7.07. The molecule has 1 aliphatic rings. The Balaban J connectivity index is 1.75. The van der Waals surface area contributed by atoms with E-state index in [1.165, 1.54) is 0 Å². The third-order valence-electron chi connectivity index (χ3n) is 2.69. The second-order valence-electron chi connectivity index (χ2n) is 3.93. The Hall–Kier alpha value is -0.980. The first-order chi connectivity index (χ1) is 7.74. The predicted molar refractivity (Wildman–Crippen MR) is 61.5 cm³/mol. The first kappa shape index (κ1) is 11.5. The van der Waals surface area contributed by atoms with E-state index in [4.69, 9.17) is 5.11 Å². The largest absolute Gasteiger partial charge is 0.480 e. The molecule has 0 amide bonds. The maximum Gasteiger partial charge on any atom is 0.317 e. The fraction of sp³-hybridized carbons (Fsp3) is 0.600. The van der Waals surface area contributed by atoms with Crippen LogP contribution in [0.1, 0.15) is 5.69 Å². The Kier molecular flexibility index (Phi) is 3.87. The summed E-state index contributed by atoms with van der Waals surface area (Å²) in [5, 5.41) is 10.7. The normalized spacial score (nSPS) is 18.8. The summed E-state index contributed by atoms with van der Waals surface area (Å²) in [6.45, 7) is 4.54. The number of rotatable bonds is 4. The number of carboxylic acid groups (broad SMARTS) is 1. The Bertz CT molecular complexity index is 334. The van der Waals surface area contributed by atoms with Gasteiger partial charge in [-0.3, -0.25) is 14.6 Å². The van der Waals surface area contributed by atoms with Crippen molar-refractivity contribution in [2.24, 2.45) is 0 Å². The summed E-state index contributed by atoms with van der Waals surface area (Å²) >= 11 is 1.61. The van der Waals surface area contributed by atoms with Crippen molar-refractivity contribution < 1.29 is 9.90 Å². The first-order valence-electron chi connectivity index (χ1n) is 5.27. The highest BCUT2D eigenvalue weighted by Crippen LogP contribution is 2.08. The zero-order valence-corrected chi connectivity index (χ0v) is 9.82. The zero-order chi connectivity index (χ0) is 11.4. The molecule has 2 heterocycles. The van der Waals surface area contributed by atoms with E-state index in [9.17, 15) is 4.79 Å². The minimum Gasteiger partial charge on any atom is -0.480 e. The van der Waals surface area contributed by atoms with Crippen LogP contribution in [0.15, 0.2) is 10.9 Å². The topological polar surface area (TPSA) is 56.7 Å². The molecule has 0 bridgehead atoms. The maximum absolute atomic E-state index is 10.5. The zero-order valence-electron chi connectivity index (χ0n) is 9.00. The van der Waals surface area contributed by atoms with Crippen LogP contribution >= 0.6 is 11.3 Å². The van der Waals surface area contributed by atoms with Crippen LogP contribution in [0.4, 0.5) is 0 Å². The monoisotopic (exact) mass is 241 g/mol. The van der Waals surface area contributed by atoms with Gasteiger partial charge in [0.2, 0.25) is 0 Å². The summed E-state index contributed by atoms with van der Waals surface area (Å²) in [5.74, 6) is -0.743. The van der Waals surface area contributed by atoms with Gasteiger partial charge in [0.15, 0.2) is 0 Å². The molecule has 0 saturated carbocycles. The fourth-order valence-electron chi connectivity index (χ4n) is 1.84. The van der Waals surface area contributed by atoms with Gasteiger partial charge in [0.05, 0.1) is 17.7 Å². The van der Waals surface area contributed by atoms with Gasteiger partial charge in [-0.05, 0) is 0 Å². The third kappa shape index (κ3) is 3.26. The molecule has 2 rings (SSSR count). The lowest BCUT2D eigenvalue weighted by molar-refractivity contribution is -0.138. The quantitative estimate of drug-likeness (QED) is 0.824. The second kappa shape index (κ2) is 5.38. The lowest BCUT2D eigenvalue weighted by Gasteiger charge is -2.33. The number of hydrogen-bond acceptors (Lipinski definition) is 5. The van der Waals surface area contributed by atoms with E-state index < -0.39 is 5.97 Å². The van der Waals surface area contributed by atoms with Crippen LogP contribution in [0, 0.1) is 0 Å². The molecule has 1 aromatic heterocycles. The Morgan fingerprint density at radius 1 is 1.38 bits per heavy atom. The lowest BCUT2D eigenvalue weighted by Crippen LogP contribution is -2.47. The van der Waals surface area contributed by atoms with E-state index in [-0.39, 0.29) is 6.54 Å². The molecular weight excluding hydrogens is 226 g/mol. The average molecular weight is 241 g/mol. The van der Waals surface area contributed by atoms with Crippen molar-refractivity contribution in [2.45, 2.75) is 6.54 Å². The van der Waals surface area contributed by atoms with Crippen LogP contribution in [0.3, 0.4) is 0 Å². The first-order valence-corrected chi connectivity index (χ1v) is 6.22. The molecule has 0 atom stereocenters. The highest BCUT2D eigenvalue weighted by Gasteiger charge is 2.18. The Labute approximate surface area is 98.3 Å². The van der Waals surface area contributed by atoms with Crippen LogP contribution in [-0.2, 0) is 11.3 Å². The smallest absolute Gasteiger partial charge is 0.317 e. The molecule has 5 nitrogen and oxygen atoms in total. The molecule has 0 aromatic carbocycles. The summed E-state index contributed by atoms with van der Waals surface area (Å²) < 4.78 is 0. The van der Waals surface area contributed by atoms with E-state index in [1.807, 2.05) is 10.4 Å². The standard InChI is InChI=1S/C10H15N3O2S/c14-10(15)6-13-3-1-12(2-4-13)5-9-7-16-8-11-9/h7-8H,1-6H2,(H,14,15). The molecule has 16 heavy (non-hydrogen) atoms. The van der Waals surface area contributed by atoms with E-state index in [1.54, 1.807) is 11.3 Å². The van der Waals surface area contributed by atoms with Gasteiger partial charge in [0.1, 0.15) is 0 Å². The van der Waals surface area contributed by atoms with Crippen LogP contribution < -0.4 is 0 Å². The summed E-state index contributed by atoms with van der Waals surface area (Å²) in [7, 11) is 0. The van der Waals surface area contributed by atoms with Crippen molar-refractivity contribution in [3.8, 4) is 0 Å². The van der Waals surface area contributed by atoms with Crippen molar-refractivity contribution >= 4 is 17.3 Å². The van der Waals surface area contributed by atoms with Crippen molar-refractivity contribution in [2.75, 3.05) is 32.7 Å². The van der Waals surface area contributed by atoms with Crippen molar-refractivity contribution in [3.63, 3.8) is 0 Å². The molecule has 1 saturated heterocycles. The van der Waals surface area contributed by atoms with Gasteiger partial charge in [0, 0.05) is 38.1 Å². The number of carbonyl (C=O) groups is 1. The van der Waals surface area contributed by atoms with Crippen molar-refractivity contribution in [1.82, 2.24) is 14.8 Å². The maximum atomic E-state index is 10.5. The number of hydrogen-bond donors (Lipinski definition) is 1. The average Bonchev–Trinajstić information content (AvgIpc) is 2.73. The molecular formula is C10H15N3O2S. The molecule has 1 aromatic rings. The van der Waals surface area contributed by atoms with E-state index >= 15 is 0 Å². The van der Waals surface area contributed by atoms with Gasteiger partial charge in [-0.25, -0.2) is 4.98 Å². The fourth-order valence-corrected chi connectivity index (χ4v) is 2.39. The SMILES string of the molecule is O=C(O)CN1CCN(Cc2cscn2)CC1. The van der Waals surface area contributed by atoms with E-state index in [0.717, 1.165) is 38.4 Å². The molecule has 1 aliphatic heterocycles.